The zero-order valence-electron chi connectivity index (χ0n) is 9.07. The molecule has 1 heterocycles. The van der Waals surface area contributed by atoms with Crippen molar-refractivity contribution in [2.75, 3.05) is 5.73 Å². The van der Waals surface area contributed by atoms with E-state index < -0.39 is 0 Å². The molecular formula is C12H13ClN3. The summed E-state index contributed by atoms with van der Waals surface area (Å²) in [5.74, 6) is 0.639. The number of anilines is 1. The second kappa shape index (κ2) is 4.18. The molecule has 0 aliphatic carbocycles. The van der Waals surface area contributed by atoms with Gasteiger partial charge in [-0.3, -0.25) is 0 Å². The van der Waals surface area contributed by atoms with Crippen molar-refractivity contribution in [1.82, 2.24) is 9.78 Å². The van der Waals surface area contributed by atoms with Crippen LogP contribution in [0.25, 0.3) is 5.69 Å². The number of hydrogen-bond acceptors (Lipinski definition) is 2. The Morgan fingerprint density at radius 3 is 2.81 bits per heavy atom. The van der Waals surface area contributed by atoms with Crippen molar-refractivity contribution in [1.29, 1.82) is 0 Å². The molecule has 4 heteroatoms. The van der Waals surface area contributed by atoms with Crippen LogP contribution in [0.4, 0.5) is 5.82 Å². The monoisotopic (exact) mass is 234 g/mol. The normalized spacial score (nSPS) is 10.7. The average molecular weight is 235 g/mol. The number of aromatic nitrogens is 2. The van der Waals surface area contributed by atoms with E-state index in [0.29, 0.717) is 17.3 Å². The lowest BCUT2D eigenvalue weighted by Crippen LogP contribution is -2.04. The highest BCUT2D eigenvalue weighted by atomic mass is 35.5. The molecule has 2 rings (SSSR count). The highest BCUT2D eigenvalue weighted by Crippen LogP contribution is 2.22. The van der Waals surface area contributed by atoms with Crippen molar-refractivity contribution in [2.45, 2.75) is 13.3 Å². The summed E-state index contributed by atoms with van der Waals surface area (Å²) in [5, 5.41) is 4.97. The molecule has 2 aromatic rings. The van der Waals surface area contributed by atoms with Crippen LogP contribution in [-0.4, -0.2) is 9.78 Å². The van der Waals surface area contributed by atoms with Crippen LogP contribution in [0.5, 0.6) is 0 Å². The van der Waals surface area contributed by atoms with Crippen LogP contribution < -0.4 is 5.73 Å². The molecule has 1 radical (unpaired) electrons. The lowest BCUT2D eigenvalue weighted by molar-refractivity contribution is 0.883. The van der Waals surface area contributed by atoms with Gasteiger partial charge in [0.15, 0.2) is 0 Å². The summed E-state index contributed by atoms with van der Waals surface area (Å²) in [5.41, 5.74) is 8.92. The Labute approximate surface area is 99.8 Å². The van der Waals surface area contributed by atoms with Gasteiger partial charge in [0, 0.05) is 10.6 Å². The maximum Gasteiger partial charge on any atom is 0.130 e. The molecule has 0 spiro atoms. The van der Waals surface area contributed by atoms with Crippen LogP contribution in [0.2, 0.25) is 5.02 Å². The molecule has 0 amide bonds. The number of nitrogen functional groups attached to an aromatic ring is 1. The molecule has 83 valence electrons. The molecular weight excluding hydrogens is 222 g/mol. The molecule has 0 bridgehead atoms. The van der Waals surface area contributed by atoms with E-state index in [1.165, 1.54) is 0 Å². The van der Waals surface area contributed by atoms with Gasteiger partial charge in [0.1, 0.15) is 5.82 Å². The van der Waals surface area contributed by atoms with E-state index in [0.717, 1.165) is 16.8 Å². The van der Waals surface area contributed by atoms with Crippen molar-refractivity contribution >= 4 is 17.4 Å². The van der Waals surface area contributed by atoms with Crippen molar-refractivity contribution in [3.05, 3.63) is 47.5 Å². The van der Waals surface area contributed by atoms with Gasteiger partial charge in [0.25, 0.3) is 0 Å². The lowest BCUT2D eigenvalue weighted by Gasteiger charge is -2.08. The summed E-state index contributed by atoms with van der Waals surface area (Å²) in [4.78, 5) is 0. The molecule has 0 atom stereocenters. The number of nitrogens with zero attached hydrogens (tertiary/aromatic N) is 2. The molecule has 3 nitrogen and oxygen atoms in total. The summed E-state index contributed by atoms with van der Waals surface area (Å²) in [6.07, 6.45) is 2.38. The summed E-state index contributed by atoms with van der Waals surface area (Å²) in [7, 11) is 0. The molecule has 0 unspecified atom stereocenters. The third kappa shape index (κ3) is 1.78. The van der Waals surface area contributed by atoms with E-state index in [-0.39, 0.29) is 0 Å². The summed E-state index contributed by atoms with van der Waals surface area (Å²) in [6, 6.07) is 5.63. The van der Waals surface area contributed by atoms with Gasteiger partial charge in [0.2, 0.25) is 0 Å². The van der Waals surface area contributed by atoms with Crippen LogP contribution >= 0.6 is 11.6 Å². The van der Waals surface area contributed by atoms with E-state index in [2.05, 4.69) is 12.0 Å². The molecule has 0 saturated heterocycles. The summed E-state index contributed by atoms with van der Waals surface area (Å²) in [6.45, 7) is 5.78. The highest BCUT2D eigenvalue weighted by Gasteiger charge is 2.09. The minimum absolute atomic E-state index is 0.637. The van der Waals surface area contributed by atoms with E-state index >= 15 is 0 Å². The van der Waals surface area contributed by atoms with Gasteiger partial charge in [-0.1, -0.05) is 11.6 Å². The number of nitrogens with two attached hydrogens (primary N) is 1. The van der Waals surface area contributed by atoms with Gasteiger partial charge in [-0.2, -0.15) is 5.10 Å². The van der Waals surface area contributed by atoms with E-state index in [1.54, 1.807) is 10.9 Å². The number of aryl methyl sites for hydroxylation is 1. The highest BCUT2D eigenvalue weighted by molar-refractivity contribution is 6.30. The fourth-order valence-corrected chi connectivity index (χ4v) is 1.86. The fraction of sp³-hybridized carbons (Fsp3) is 0.167. The Balaban J connectivity index is 2.54. The first-order chi connectivity index (χ1) is 7.63. The van der Waals surface area contributed by atoms with Crippen LogP contribution in [0.3, 0.4) is 0 Å². The number of halogens is 1. The number of rotatable bonds is 2. The van der Waals surface area contributed by atoms with Gasteiger partial charge in [-0.15, -0.1) is 0 Å². The predicted octanol–water partition coefficient (Wildman–Crippen LogP) is 2.79. The summed E-state index contributed by atoms with van der Waals surface area (Å²) < 4.78 is 1.71. The Bertz CT molecular complexity index is 517. The van der Waals surface area contributed by atoms with Crippen molar-refractivity contribution in [3.8, 4) is 5.69 Å². The molecule has 0 saturated carbocycles. The zero-order chi connectivity index (χ0) is 11.7. The quantitative estimate of drug-likeness (QED) is 0.869. The average Bonchev–Trinajstić information content (AvgIpc) is 2.60. The molecule has 2 N–H and O–H groups in total. The van der Waals surface area contributed by atoms with E-state index in [4.69, 9.17) is 17.3 Å². The SMILES string of the molecule is [CH2]Cc1cnn(-c2ccc(Cl)cc2C)c1N. The smallest absolute Gasteiger partial charge is 0.130 e. The van der Waals surface area contributed by atoms with Crippen LogP contribution in [-0.2, 0) is 6.42 Å². The lowest BCUT2D eigenvalue weighted by atomic mass is 10.2. The fourth-order valence-electron chi connectivity index (χ4n) is 1.63. The minimum Gasteiger partial charge on any atom is -0.383 e. The number of hydrogen-bond donors (Lipinski definition) is 1. The van der Waals surface area contributed by atoms with Gasteiger partial charge < -0.3 is 5.73 Å². The molecule has 0 fully saturated rings. The Kier molecular flexibility index (Phi) is 2.88. The molecule has 1 aromatic carbocycles. The van der Waals surface area contributed by atoms with Crippen molar-refractivity contribution in [2.24, 2.45) is 0 Å². The molecule has 0 aliphatic rings. The van der Waals surface area contributed by atoms with Gasteiger partial charge in [0.05, 0.1) is 11.9 Å². The maximum absolute atomic E-state index is 5.98. The standard InChI is InChI=1S/C12H13ClN3/c1-3-9-7-15-16(12(9)14)11-5-4-10(13)6-8(11)2/h4-7H,1,3,14H2,2H3. The largest absolute Gasteiger partial charge is 0.383 e. The number of benzene rings is 1. The zero-order valence-corrected chi connectivity index (χ0v) is 9.83. The Morgan fingerprint density at radius 1 is 1.50 bits per heavy atom. The van der Waals surface area contributed by atoms with Gasteiger partial charge in [-0.05, 0) is 44.0 Å². The van der Waals surface area contributed by atoms with E-state index in [9.17, 15) is 0 Å². The van der Waals surface area contributed by atoms with Crippen LogP contribution in [0.15, 0.2) is 24.4 Å². The van der Waals surface area contributed by atoms with Crippen molar-refractivity contribution < 1.29 is 0 Å². The Hall–Kier alpha value is -1.48. The molecule has 0 aliphatic heterocycles. The first kappa shape index (κ1) is 11.0. The topological polar surface area (TPSA) is 43.8 Å². The minimum atomic E-state index is 0.637. The first-order valence-corrected chi connectivity index (χ1v) is 5.39. The van der Waals surface area contributed by atoms with E-state index in [1.807, 2.05) is 25.1 Å². The maximum atomic E-state index is 5.98. The molecule has 16 heavy (non-hydrogen) atoms. The second-order valence-corrected chi connectivity index (χ2v) is 4.08. The second-order valence-electron chi connectivity index (χ2n) is 3.65. The first-order valence-electron chi connectivity index (χ1n) is 5.01. The third-order valence-electron chi connectivity index (χ3n) is 2.54. The van der Waals surface area contributed by atoms with Crippen LogP contribution in [0, 0.1) is 13.8 Å². The predicted molar refractivity (Wildman–Crippen MR) is 66.8 cm³/mol. The third-order valence-corrected chi connectivity index (χ3v) is 2.78. The van der Waals surface area contributed by atoms with Crippen LogP contribution in [0.1, 0.15) is 11.1 Å². The van der Waals surface area contributed by atoms with Gasteiger partial charge >= 0.3 is 0 Å². The Morgan fingerprint density at radius 2 is 2.25 bits per heavy atom. The van der Waals surface area contributed by atoms with Crippen molar-refractivity contribution in [3.63, 3.8) is 0 Å². The summed E-state index contributed by atoms with van der Waals surface area (Å²) >= 11 is 5.91. The van der Waals surface area contributed by atoms with Gasteiger partial charge in [-0.25, -0.2) is 4.68 Å². The molecule has 1 aromatic heterocycles.